The van der Waals surface area contributed by atoms with Gasteiger partial charge in [-0.2, -0.15) is 0 Å². The Labute approximate surface area is 186 Å². The summed E-state index contributed by atoms with van der Waals surface area (Å²) in [6, 6.07) is 15.8. The van der Waals surface area contributed by atoms with Crippen molar-refractivity contribution < 1.29 is 13.9 Å². The van der Waals surface area contributed by atoms with E-state index in [2.05, 4.69) is 20.6 Å². The summed E-state index contributed by atoms with van der Waals surface area (Å²) in [5.74, 6) is 2.94. The molecule has 0 saturated heterocycles. The minimum absolute atomic E-state index is 0. The highest BCUT2D eigenvalue weighted by Crippen LogP contribution is 2.32. The first-order valence-corrected chi connectivity index (χ1v) is 9.15. The molecule has 2 N–H and O–H groups in total. The molecule has 0 saturated carbocycles. The normalized spacial score (nSPS) is 12.4. The van der Waals surface area contributed by atoms with Crippen LogP contribution in [0.3, 0.4) is 0 Å². The summed E-state index contributed by atoms with van der Waals surface area (Å²) >= 11 is 0. The van der Waals surface area contributed by atoms with Gasteiger partial charge >= 0.3 is 0 Å². The highest BCUT2D eigenvalue weighted by atomic mass is 127. The number of aromatic nitrogens is 1. The third-order valence-corrected chi connectivity index (χ3v) is 4.38. The largest absolute Gasteiger partial charge is 0.454 e. The second kappa shape index (κ2) is 10.1. The quantitative estimate of drug-likeness (QED) is 0.302. The van der Waals surface area contributed by atoms with Gasteiger partial charge in [-0.25, -0.2) is 4.98 Å². The van der Waals surface area contributed by atoms with Crippen LogP contribution in [0.5, 0.6) is 11.5 Å². The molecule has 0 bridgehead atoms. The van der Waals surface area contributed by atoms with Gasteiger partial charge < -0.3 is 24.5 Å². The second-order valence-corrected chi connectivity index (χ2v) is 6.30. The molecule has 0 amide bonds. The monoisotopic (exact) mass is 506 g/mol. The van der Waals surface area contributed by atoms with E-state index in [1.54, 1.807) is 13.3 Å². The zero-order valence-electron chi connectivity index (χ0n) is 16.1. The fraction of sp³-hybridized carbons (Fsp3) is 0.238. The molecule has 1 aliphatic heterocycles. The smallest absolute Gasteiger partial charge is 0.231 e. The number of aliphatic imine (C=N–C) groups is 1. The van der Waals surface area contributed by atoms with Gasteiger partial charge in [-0.15, -0.1) is 24.0 Å². The van der Waals surface area contributed by atoms with Crippen molar-refractivity contribution in [3.8, 4) is 23.0 Å². The summed E-state index contributed by atoms with van der Waals surface area (Å²) in [6.07, 6.45) is 2.51. The molecule has 1 aromatic heterocycles. The molecule has 0 radical (unpaired) electrons. The number of rotatable bonds is 6. The summed E-state index contributed by atoms with van der Waals surface area (Å²) < 4.78 is 16.3. The summed E-state index contributed by atoms with van der Waals surface area (Å²) in [5, 5.41) is 6.55. The molecule has 2 heterocycles. The molecule has 2 aromatic carbocycles. The highest BCUT2D eigenvalue weighted by molar-refractivity contribution is 14.0. The van der Waals surface area contributed by atoms with E-state index in [1.807, 2.05) is 48.5 Å². The molecule has 152 valence electrons. The molecule has 29 heavy (non-hydrogen) atoms. The van der Waals surface area contributed by atoms with E-state index < -0.39 is 0 Å². The van der Waals surface area contributed by atoms with Gasteiger partial charge in [0.15, 0.2) is 17.5 Å². The molecule has 0 fully saturated rings. The predicted octanol–water partition coefficient (Wildman–Crippen LogP) is 3.60. The molecule has 0 unspecified atom stereocenters. The Bertz CT molecular complexity index is 960. The standard InChI is InChI=1S/C21H22N4O3.HI/c1-22-21(23-10-9-15-7-8-18-19(11-15)28-14-27-18)24-12-17-13-26-20(25-17)16-5-3-2-4-6-16;/h2-8,11,13H,9-10,12,14H2,1H3,(H2,22,23,24);1H. The van der Waals surface area contributed by atoms with E-state index >= 15 is 0 Å². The Hall–Kier alpha value is -2.75. The van der Waals surface area contributed by atoms with Crippen LogP contribution in [0.2, 0.25) is 0 Å². The molecular formula is C21H23IN4O3. The first-order valence-electron chi connectivity index (χ1n) is 9.15. The first-order chi connectivity index (χ1) is 13.8. The number of benzene rings is 2. The zero-order chi connectivity index (χ0) is 19.2. The maximum atomic E-state index is 5.56. The molecule has 7 nitrogen and oxygen atoms in total. The lowest BCUT2D eigenvalue weighted by atomic mass is 10.1. The van der Waals surface area contributed by atoms with Crippen LogP contribution in [0.1, 0.15) is 11.3 Å². The van der Waals surface area contributed by atoms with Crippen LogP contribution in [0.4, 0.5) is 0 Å². The van der Waals surface area contributed by atoms with Crippen LogP contribution in [0.15, 0.2) is 64.2 Å². The summed E-state index contributed by atoms with van der Waals surface area (Å²) in [6.45, 7) is 1.56. The Kier molecular flexibility index (Phi) is 7.34. The number of ether oxygens (including phenoxy) is 2. The van der Waals surface area contributed by atoms with Crippen molar-refractivity contribution in [3.63, 3.8) is 0 Å². The average molecular weight is 506 g/mol. The van der Waals surface area contributed by atoms with Gasteiger partial charge in [0.2, 0.25) is 12.7 Å². The van der Waals surface area contributed by atoms with Crippen molar-refractivity contribution in [2.24, 2.45) is 4.99 Å². The third-order valence-electron chi connectivity index (χ3n) is 4.38. The lowest BCUT2D eigenvalue weighted by Gasteiger charge is -2.11. The molecule has 0 spiro atoms. The van der Waals surface area contributed by atoms with E-state index in [9.17, 15) is 0 Å². The van der Waals surface area contributed by atoms with Crippen LogP contribution in [0.25, 0.3) is 11.5 Å². The fourth-order valence-electron chi connectivity index (χ4n) is 2.92. The number of fused-ring (bicyclic) bond motifs is 1. The van der Waals surface area contributed by atoms with Gasteiger partial charge in [0.05, 0.1) is 12.2 Å². The van der Waals surface area contributed by atoms with Crippen molar-refractivity contribution >= 4 is 29.9 Å². The van der Waals surface area contributed by atoms with Gasteiger partial charge in [0, 0.05) is 19.2 Å². The molecule has 0 atom stereocenters. The van der Waals surface area contributed by atoms with Crippen molar-refractivity contribution in [2.45, 2.75) is 13.0 Å². The van der Waals surface area contributed by atoms with E-state index in [0.29, 0.717) is 25.2 Å². The highest BCUT2D eigenvalue weighted by Gasteiger charge is 2.13. The zero-order valence-corrected chi connectivity index (χ0v) is 18.4. The number of nitrogens with zero attached hydrogens (tertiary/aromatic N) is 2. The molecular weight excluding hydrogens is 483 g/mol. The lowest BCUT2D eigenvalue weighted by molar-refractivity contribution is 0.174. The summed E-state index contributed by atoms with van der Waals surface area (Å²) in [5.41, 5.74) is 2.95. The number of nitrogens with one attached hydrogen (secondary N) is 2. The van der Waals surface area contributed by atoms with Gasteiger partial charge in [0.25, 0.3) is 0 Å². The van der Waals surface area contributed by atoms with Crippen LogP contribution in [0, 0.1) is 0 Å². The Balaban J connectivity index is 0.00000240. The maximum absolute atomic E-state index is 5.56. The number of hydrogen-bond acceptors (Lipinski definition) is 5. The first kappa shape index (κ1) is 21.0. The molecule has 1 aliphatic rings. The topological polar surface area (TPSA) is 80.9 Å². The molecule has 8 heteroatoms. The average Bonchev–Trinajstić information content (AvgIpc) is 3.40. The maximum Gasteiger partial charge on any atom is 0.231 e. The third kappa shape index (κ3) is 5.41. The number of oxazole rings is 1. The van der Waals surface area contributed by atoms with E-state index in [4.69, 9.17) is 13.9 Å². The van der Waals surface area contributed by atoms with Crippen LogP contribution >= 0.6 is 24.0 Å². The van der Waals surface area contributed by atoms with Gasteiger partial charge in [-0.1, -0.05) is 24.3 Å². The van der Waals surface area contributed by atoms with E-state index in [0.717, 1.165) is 35.7 Å². The van der Waals surface area contributed by atoms with Crippen molar-refractivity contribution in [1.82, 2.24) is 15.6 Å². The van der Waals surface area contributed by atoms with Crippen LogP contribution in [-0.4, -0.2) is 31.3 Å². The predicted molar refractivity (Wildman–Crippen MR) is 122 cm³/mol. The molecule has 3 aromatic rings. The van der Waals surface area contributed by atoms with Crippen molar-refractivity contribution in [1.29, 1.82) is 0 Å². The van der Waals surface area contributed by atoms with Gasteiger partial charge in [-0.05, 0) is 36.2 Å². The van der Waals surface area contributed by atoms with E-state index in [-0.39, 0.29) is 24.0 Å². The Morgan fingerprint density at radius 3 is 2.72 bits per heavy atom. The Morgan fingerprint density at radius 1 is 1.07 bits per heavy atom. The van der Waals surface area contributed by atoms with E-state index in [1.165, 1.54) is 5.56 Å². The van der Waals surface area contributed by atoms with Crippen LogP contribution < -0.4 is 20.1 Å². The number of hydrogen-bond donors (Lipinski definition) is 2. The molecule has 4 rings (SSSR count). The minimum atomic E-state index is 0. The SMILES string of the molecule is CN=C(NCCc1ccc2c(c1)OCO2)NCc1coc(-c2ccccc2)n1.I. The van der Waals surface area contributed by atoms with Crippen molar-refractivity contribution in [3.05, 3.63) is 66.1 Å². The second-order valence-electron chi connectivity index (χ2n) is 6.30. The van der Waals surface area contributed by atoms with Crippen molar-refractivity contribution in [2.75, 3.05) is 20.4 Å². The summed E-state index contributed by atoms with van der Waals surface area (Å²) in [4.78, 5) is 8.76. The number of halogens is 1. The lowest BCUT2D eigenvalue weighted by Crippen LogP contribution is -2.37. The minimum Gasteiger partial charge on any atom is -0.454 e. The Morgan fingerprint density at radius 2 is 1.90 bits per heavy atom. The molecule has 0 aliphatic carbocycles. The number of guanidine groups is 1. The van der Waals surface area contributed by atoms with Gasteiger partial charge in [0.1, 0.15) is 6.26 Å². The summed E-state index contributed by atoms with van der Waals surface area (Å²) in [7, 11) is 1.74. The fourth-order valence-corrected chi connectivity index (χ4v) is 2.92. The van der Waals surface area contributed by atoms with Gasteiger partial charge in [-0.3, -0.25) is 4.99 Å². The van der Waals surface area contributed by atoms with Crippen LogP contribution in [-0.2, 0) is 13.0 Å².